The Hall–Kier alpha value is -4.56. The van der Waals surface area contributed by atoms with Crippen molar-refractivity contribution in [2.45, 2.75) is 45.1 Å². The molecule has 1 saturated carbocycles. The van der Waals surface area contributed by atoms with Crippen LogP contribution in [-0.4, -0.2) is 59.3 Å². The predicted octanol–water partition coefficient (Wildman–Crippen LogP) is 1.97. The van der Waals surface area contributed by atoms with Gasteiger partial charge < -0.3 is 26.1 Å². The third-order valence-electron chi connectivity index (χ3n) is 5.84. The van der Waals surface area contributed by atoms with Crippen LogP contribution in [0.3, 0.4) is 0 Å². The van der Waals surface area contributed by atoms with E-state index in [1.165, 1.54) is 31.4 Å². The molecule has 0 saturated heterocycles. The summed E-state index contributed by atoms with van der Waals surface area (Å²) in [6.45, 7) is 1.99. The van der Waals surface area contributed by atoms with E-state index in [-0.39, 0.29) is 40.7 Å². The van der Waals surface area contributed by atoms with Crippen LogP contribution in [0.15, 0.2) is 18.2 Å². The number of hydrogen-bond acceptors (Lipinski definition) is 8. The van der Waals surface area contributed by atoms with Crippen LogP contribution in [0.5, 0.6) is 0 Å². The van der Waals surface area contributed by atoms with E-state index in [0.29, 0.717) is 5.92 Å². The average molecular weight is 484 g/mol. The summed E-state index contributed by atoms with van der Waals surface area (Å²) in [5, 5.41) is 37.1. The number of hydrogen-bond donors (Lipinski definition) is 6. The van der Waals surface area contributed by atoms with Gasteiger partial charge in [0, 0.05) is 18.2 Å². The lowest BCUT2D eigenvalue weighted by atomic mass is 9.84. The van der Waals surface area contributed by atoms with Crippen molar-refractivity contribution in [2.75, 3.05) is 10.6 Å². The number of carbonyl (C=O) groups excluding carboxylic acids is 3. The van der Waals surface area contributed by atoms with Gasteiger partial charge in [-0.25, -0.2) is 0 Å². The lowest BCUT2D eigenvalue weighted by Crippen LogP contribution is -2.39. The first-order chi connectivity index (χ1) is 16.8. The largest absolute Gasteiger partial charge is 0.358 e. The summed E-state index contributed by atoms with van der Waals surface area (Å²) in [7, 11) is 0. The quantitative estimate of drug-likeness (QED) is 0.205. The zero-order valence-electron chi connectivity index (χ0n) is 18.8. The van der Waals surface area contributed by atoms with E-state index in [0.717, 1.165) is 18.9 Å². The first kappa shape index (κ1) is 23.6. The van der Waals surface area contributed by atoms with Gasteiger partial charge in [-0.15, -0.1) is 5.10 Å². The van der Waals surface area contributed by atoms with Crippen molar-refractivity contribution in [3.8, 4) is 0 Å². The number of rotatable bonds is 8. The summed E-state index contributed by atoms with van der Waals surface area (Å²) in [5.74, 6) is -1.51. The van der Waals surface area contributed by atoms with Crippen molar-refractivity contribution >= 4 is 35.2 Å². The smallest absolute Gasteiger partial charge is 0.343 e. The molecule has 0 aromatic carbocycles. The minimum atomic E-state index is -0.752. The average Bonchev–Trinajstić information content (AvgIpc) is 3.60. The van der Waals surface area contributed by atoms with E-state index in [2.05, 4.69) is 46.5 Å². The molecule has 15 heteroatoms. The molecule has 4 rings (SSSR count). The van der Waals surface area contributed by atoms with Crippen LogP contribution < -0.4 is 16.0 Å². The highest BCUT2D eigenvalue weighted by atomic mass is 16.6. The van der Waals surface area contributed by atoms with Gasteiger partial charge >= 0.3 is 5.82 Å². The van der Waals surface area contributed by atoms with E-state index in [9.17, 15) is 24.5 Å². The van der Waals surface area contributed by atoms with Gasteiger partial charge in [0.05, 0.1) is 6.07 Å². The third-order valence-corrected chi connectivity index (χ3v) is 5.84. The van der Waals surface area contributed by atoms with Gasteiger partial charge in [0.2, 0.25) is 0 Å². The number of aromatic nitrogens is 6. The summed E-state index contributed by atoms with van der Waals surface area (Å²) >= 11 is 0. The maximum absolute atomic E-state index is 12.5. The molecule has 1 unspecified atom stereocenters. The first-order valence-corrected chi connectivity index (χ1v) is 11.0. The number of amides is 3. The standard InChI is InChI=1S/C20H24N10O5/c1-10(11-5-3-2-4-6-11)21-18(31)12-7-15(27-24-12)22-19(32)13-8-16(28-25-13)23-20(33)14-9-17(29-26-14)30(34)35/h7-11H,2-6H2,1H3,(H,21,31)(H,26,29)(H2,22,24,27,32)(H2,23,25,28,33). The molecule has 3 heterocycles. The normalized spacial score (nSPS) is 14.8. The molecule has 0 radical (unpaired) electrons. The van der Waals surface area contributed by atoms with E-state index < -0.39 is 22.6 Å². The second-order valence-electron chi connectivity index (χ2n) is 8.30. The summed E-state index contributed by atoms with van der Waals surface area (Å²) in [4.78, 5) is 47.1. The molecule has 35 heavy (non-hydrogen) atoms. The molecule has 1 aliphatic carbocycles. The highest BCUT2D eigenvalue weighted by Crippen LogP contribution is 2.26. The molecular weight excluding hydrogens is 460 g/mol. The topological polar surface area (TPSA) is 216 Å². The van der Waals surface area contributed by atoms with Crippen LogP contribution in [0.4, 0.5) is 17.5 Å². The Morgan fingerprint density at radius 2 is 1.51 bits per heavy atom. The molecular formula is C20H24N10O5. The Morgan fingerprint density at radius 3 is 2.11 bits per heavy atom. The number of carbonyl (C=O) groups is 3. The maximum atomic E-state index is 12.5. The second kappa shape index (κ2) is 10.1. The predicted molar refractivity (Wildman–Crippen MR) is 122 cm³/mol. The number of nitro groups is 1. The Morgan fingerprint density at radius 1 is 0.914 bits per heavy atom. The van der Waals surface area contributed by atoms with Crippen molar-refractivity contribution < 1.29 is 19.3 Å². The van der Waals surface area contributed by atoms with Gasteiger partial charge in [-0.05, 0) is 30.6 Å². The Bertz CT molecular complexity index is 1240. The summed E-state index contributed by atoms with van der Waals surface area (Å²) in [5.41, 5.74) is 0.00712. The fourth-order valence-corrected chi connectivity index (χ4v) is 3.93. The minimum Gasteiger partial charge on any atom is -0.358 e. The molecule has 3 amide bonds. The summed E-state index contributed by atoms with van der Waals surface area (Å²) in [6.07, 6.45) is 5.78. The molecule has 15 nitrogen and oxygen atoms in total. The number of H-pyrrole nitrogens is 3. The van der Waals surface area contributed by atoms with Gasteiger partial charge in [0.15, 0.2) is 17.3 Å². The van der Waals surface area contributed by atoms with Gasteiger partial charge in [-0.3, -0.25) is 24.6 Å². The van der Waals surface area contributed by atoms with Crippen LogP contribution in [0.2, 0.25) is 0 Å². The molecule has 0 bridgehead atoms. The lowest BCUT2D eigenvalue weighted by Gasteiger charge is -2.28. The Balaban J connectivity index is 1.31. The highest BCUT2D eigenvalue weighted by molar-refractivity contribution is 6.05. The van der Waals surface area contributed by atoms with E-state index in [4.69, 9.17) is 0 Å². The number of anilines is 2. The summed E-state index contributed by atoms with van der Waals surface area (Å²) in [6, 6.07) is 3.69. The van der Waals surface area contributed by atoms with Crippen LogP contribution in [0.25, 0.3) is 0 Å². The van der Waals surface area contributed by atoms with Gasteiger partial charge in [0.1, 0.15) is 11.4 Å². The van der Waals surface area contributed by atoms with Crippen molar-refractivity contribution in [1.29, 1.82) is 0 Å². The van der Waals surface area contributed by atoms with Crippen LogP contribution in [-0.2, 0) is 0 Å². The molecule has 6 N–H and O–H groups in total. The molecule has 0 spiro atoms. The van der Waals surface area contributed by atoms with Crippen LogP contribution >= 0.6 is 0 Å². The zero-order chi connectivity index (χ0) is 24.9. The minimum absolute atomic E-state index is 0.00426. The lowest BCUT2D eigenvalue weighted by molar-refractivity contribution is -0.389. The van der Waals surface area contributed by atoms with Gasteiger partial charge in [0.25, 0.3) is 17.7 Å². The fourth-order valence-electron chi connectivity index (χ4n) is 3.93. The Kier molecular flexibility index (Phi) is 6.84. The van der Waals surface area contributed by atoms with Crippen LogP contribution in [0, 0.1) is 16.0 Å². The molecule has 1 aliphatic rings. The fraction of sp³-hybridized carbons (Fsp3) is 0.400. The van der Waals surface area contributed by atoms with Crippen molar-refractivity contribution in [3.05, 3.63) is 45.4 Å². The third kappa shape index (κ3) is 5.69. The van der Waals surface area contributed by atoms with Gasteiger partial charge in [-0.1, -0.05) is 24.4 Å². The SMILES string of the molecule is CC(NC(=O)c1cc(NC(=O)c2cc(NC(=O)c3cc([N+](=O)[O-])[nH]n3)n[nH]2)n[nH]1)C1CCCCC1. The monoisotopic (exact) mass is 484 g/mol. The highest BCUT2D eigenvalue weighted by Gasteiger charge is 2.23. The summed E-state index contributed by atoms with van der Waals surface area (Å²) < 4.78 is 0. The van der Waals surface area contributed by atoms with E-state index in [1.807, 2.05) is 6.92 Å². The van der Waals surface area contributed by atoms with Crippen molar-refractivity contribution in [1.82, 2.24) is 35.9 Å². The number of nitrogens with one attached hydrogen (secondary N) is 6. The second-order valence-corrected chi connectivity index (χ2v) is 8.30. The van der Waals surface area contributed by atoms with Crippen molar-refractivity contribution in [2.24, 2.45) is 5.92 Å². The first-order valence-electron chi connectivity index (χ1n) is 11.0. The van der Waals surface area contributed by atoms with Gasteiger partial charge in [-0.2, -0.15) is 10.2 Å². The van der Waals surface area contributed by atoms with E-state index in [1.54, 1.807) is 0 Å². The molecule has 1 atom stereocenters. The zero-order valence-corrected chi connectivity index (χ0v) is 18.8. The molecule has 1 fully saturated rings. The Labute approximate surface area is 198 Å². The molecule has 3 aromatic rings. The molecule has 184 valence electrons. The molecule has 0 aliphatic heterocycles. The number of aromatic amines is 3. The van der Waals surface area contributed by atoms with Crippen LogP contribution in [0.1, 0.15) is 70.5 Å². The number of nitrogens with zero attached hydrogens (tertiary/aromatic N) is 4. The van der Waals surface area contributed by atoms with E-state index >= 15 is 0 Å². The maximum Gasteiger partial charge on any atom is 0.343 e. The van der Waals surface area contributed by atoms with Crippen molar-refractivity contribution in [3.63, 3.8) is 0 Å². The molecule has 3 aromatic heterocycles.